The summed E-state index contributed by atoms with van der Waals surface area (Å²) in [5.41, 5.74) is 1.13. The molecule has 2 rings (SSSR count). The number of nitrogens with zero attached hydrogens (tertiary/aromatic N) is 1. The van der Waals surface area contributed by atoms with Crippen LogP contribution in [0.15, 0.2) is 24.4 Å². The molecule has 0 saturated heterocycles. The van der Waals surface area contributed by atoms with E-state index in [1.54, 1.807) is 22.9 Å². The van der Waals surface area contributed by atoms with E-state index in [4.69, 9.17) is 0 Å². The van der Waals surface area contributed by atoms with E-state index >= 15 is 0 Å². The summed E-state index contributed by atoms with van der Waals surface area (Å²) in [6.45, 7) is 3.88. The van der Waals surface area contributed by atoms with Crippen LogP contribution in [-0.2, 0) is 15.6 Å². The summed E-state index contributed by atoms with van der Waals surface area (Å²) in [7, 11) is -3.13. The van der Waals surface area contributed by atoms with Gasteiger partial charge in [0.15, 0.2) is 9.84 Å². The Labute approximate surface area is 106 Å². The van der Waals surface area contributed by atoms with Gasteiger partial charge in [0.2, 0.25) is 0 Å². The van der Waals surface area contributed by atoms with Crippen LogP contribution in [-0.4, -0.2) is 19.2 Å². The summed E-state index contributed by atoms with van der Waals surface area (Å²) < 4.78 is 38.5. The van der Waals surface area contributed by atoms with Crippen LogP contribution in [0.4, 0.5) is 4.39 Å². The summed E-state index contributed by atoms with van der Waals surface area (Å²) in [5, 5.41) is 0.675. The molecule has 0 spiro atoms. The van der Waals surface area contributed by atoms with Crippen molar-refractivity contribution < 1.29 is 12.8 Å². The van der Waals surface area contributed by atoms with Crippen LogP contribution in [0, 0.1) is 5.82 Å². The minimum atomic E-state index is -3.13. The third-order valence-corrected chi connectivity index (χ3v) is 3.70. The Morgan fingerprint density at radius 3 is 2.56 bits per heavy atom. The number of benzene rings is 1. The zero-order chi connectivity index (χ0) is 13.5. The molecule has 0 fully saturated rings. The third-order valence-electron chi connectivity index (χ3n) is 2.86. The van der Waals surface area contributed by atoms with Crippen molar-refractivity contribution in [2.75, 3.05) is 6.26 Å². The van der Waals surface area contributed by atoms with E-state index in [1.165, 1.54) is 12.3 Å². The lowest BCUT2D eigenvalue weighted by Crippen LogP contribution is -2.01. The van der Waals surface area contributed by atoms with Crippen molar-refractivity contribution in [3.05, 3.63) is 35.8 Å². The molecule has 0 aliphatic rings. The Bertz CT molecular complexity index is 686. The van der Waals surface area contributed by atoms with Crippen molar-refractivity contribution in [2.24, 2.45) is 0 Å². The molecule has 0 saturated carbocycles. The van der Waals surface area contributed by atoms with Gasteiger partial charge in [-0.05, 0) is 25.5 Å². The second-order valence-corrected chi connectivity index (χ2v) is 7.00. The Kier molecular flexibility index (Phi) is 3.19. The molecule has 1 heterocycles. The second kappa shape index (κ2) is 4.39. The molecular weight excluding hydrogens is 253 g/mol. The van der Waals surface area contributed by atoms with Gasteiger partial charge < -0.3 is 4.57 Å². The molecule has 0 N–H and O–H groups in total. The highest BCUT2D eigenvalue weighted by Crippen LogP contribution is 2.28. The van der Waals surface area contributed by atoms with Crippen molar-refractivity contribution in [2.45, 2.75) is 25.6 Å². The van der Waals surface area contributed by atoms with Crippen molar-refractivity contribution in [1.82, 2.24) is 4.57 Å². The van der Waals surface area contributed by atoms with Gasteiger partial charge in [-0.1, -0.05) is 12.1 Å². The van der Waals surface area contributed by atoms with E-state index in [9.17, 15) is 12.8 Å². The van der Waals surface area contributed by atoms with Gasteiger partial charge in [0.25, 0.3) is 0 Å². The molecule has 0 amide bonds. The Hall–Kier alpha value is -1.36. The summed E-state index contributed by atoms with van der Waals surface area (Å²) >= 11 is 0. The van der Waals surface area contributed by atoms with Gasteiger partial charge in [-0.15, -0.1) is 0 Å². The topological polar surface area (TPSA) is 39.1 Å². The highest BCUT2D eigenvalue weighted by Gasteiger charge is 2.16. The fraction of sp³-hybridized carbons (Fsp3) is 0.385. The first-order chi connectivity index (χ1) is 8.29. The molecule has 5 heteroatoms. The Morgan fingerprint density at radius 1 is 1.33 bits per heavy atom. The van der Waals surface area contributed by atoms with Gasteiger partial charge in [-0.3, -0.25) is 0 Å². The summed E-state index contributed by atoms with van der Waals surface area (Å²) in [6.07, 6.45) is 2.92. The van der Waals surface area contributed by atoms with Crippen LogP contribution < -0.4 is 0 Å². The highest BCUT2D eigenvalue weighted by atomic mass is 32.2. The zero-order valence-corrected chi connectivity index (χ0v) is 11.5. The SMILES string of the molecule is CC(C)n1cc(CS(C)(=O)=O)c2cccc(F)c21. The average molecular weight is 269 g/mol. The first-order valence-corrected chi connectivity index (χ1v) is 7.81. The molecule has 0 atom stereocenters. The van der Waals surface area contributed by atoms with Gasteiger partial charge in [0.05, 0.1) is 11.3 Å². The number of hydrogen-bond acceptors (Lipinski definition) is 2. The van der Waals surface area contributed by atoms with Gasteiger partial charge in [0.1, 0.15) is 5.82 Å². The van der Waals surface area contributed by atoms with E-state index < -0.39 is 9.84 Å². The lowest BCUT2D eigenvalue weighted by atomic mass is 10.2. The van der Waals surface area contributed by atoms with Crippen molar-refractivity contribution >= 4 is 20.7 Å². The molecule has 3 nitrogen and oxygen atoms in total. The fourth-order valence-corrected chi connectivity index (χ4v) is 2.94. The molecule has 0 aliphatic carbocycles. The monoisotopic (exact) mass is 269 g/mol. The fourth-order valence-electron chi connectivity index (χ4n) is 2.14. The standard InChI is InChI=1S/C13H16FNO2S/c1-9(2)15-7-10(8-18(3,16)17)11-5-4-6-12(14)13(11)15/h4-7,9H,8H2,1-3H3. The van der Waals surface area contributed by atoms with Crippen LogP contribution in [0.1, 0.15) is 25.5 Å². The maximum Gasteiger partial charge on any atom is 0.151 e. The van der Waals surface area contributed by atoms with Crippen LogP contribution in [0.2, 0.25) is 0 Å². The number of hydrogen-bond donors (Lipinski definition) is 0. The molecule has 0 unspecified atom stereocenters. The first kappa shape index (κ1) is 13.1. The maximum atomic E-state index is 13.9. The number of sulfone groups is 1. The average Bonchev–Trinajstić information content (AvgIpc) is 2.56. The predicted molar refractivity (Wildman–Crippen MR) is 70.8 cm³/mol. The van der Waals surface area contributed by atoms with E-state index in [-0.39, 0.29) is 17.6 Å². The number of halogens is 1. The zero-order valence-electron chi connectivity index (χ0n) is 10.6. The number of para-hydroxylation sites is 1. The predicted octanol–water partition coefficient (Wildman–Crippen LogP) is 2.91. The number of fused-ring (bicyclic) bond motifs is 1. The van der Waals surface area contributed by atoms with Gasteiger partial charge in [-0.25, -0.2) is 12.8 Å². The normalized spacial score (nSPS) is 12.5. The molecule has 1 aromatic heterocycles. The Morgan fingerprint density at radius 2 is 2.00 bits per heavy atom. The number of rotatable bonds is 3. The van der Waals surface area contributed by atoms with Crippen LogP contribution in [0.25, 0.3) is 10.9 Å². The maximum absolute atomic E-state index is 13.9. The summed E-state index contributed by atoms with van der Waals surface area (Å²) in [4.78, 5) is 0. The van der Waals surface area contributed by atoms with Crippen molar-refractivity contribution in [3.63, 3.8) is 0 Å². The molecule has 0 aliphatic heterocycles. The second-order valence-electron chi connectivity index (χ2n) is 4.86. The van der Waals surface area contributed by atoms with Crippen LogP contribution >= 0.6 is 0 Å². The quantitative estimate of drug-likeness (QED) is 0.859. The van der Waals surface area contributed by atoms with Crippen molar-refractivity contribution in [3.8, 4) is 0 Å². The molecule has 1 aromatic carbocycles. The smallest absolute Gasteiger partial charge is 0.151 e. The Balaban J connectivity index is 2.73. The lowest BCUT2D eigenvalue weighted by molar-refractivity contribution is 0.587. The number of aromatic nitrogens is 1. The van der Waals surface area contributed by atoms with Gasteiger partial charge in [0, 0.05) is 23.9 Å². The van der Waals surface area contributed by atoms with Gasteiger partial charge >= 0.3 is 0 Å². The summed E-state index contributed by atoms with van der Waals surface area (Å²) in [6, 6.07) is 4.84. The molecule has 98 valence electrons. The largest absolute Gasteiger partial charge is 0.342 e. The molecule has 18 heavy (non-hydrogen) atoms. The van der Waals surface area contributed by atoms with E-state index in [2.05, 4.69) is 0 Å². The highest BCUT2D eigenvalue weighted by molar-refractivity contribution is 7.89. The molecule has 2 aromatic rings. The van der Waals surface area contributed by atoms with Crippen molar-refractivity contribution in [1.29, 1.82) is 0 Å². The minimum Gasteiger partial charge on any atom is -0.342 e. The van der Waals surface area contributed by atoms with E-state index in [1.807, 2.05) is 13.8 Å². The molecule has 0 bridgehead atoms. The van der Waals surface area contributed by atoms with Crippen LogP contribution in [0.5, 0.6) is 0 Å². The minimum absolute atomic E-state index is 0.0628. The van der Waals surface area contributed by atoms with Gasteiger partial charge in [-0.2, -0.15) is 0 Å². The summed E-state index contributed by atoms with van der Waals surface area (Å²) in [5.74, 6) is -0.381. The molecular formula is C13H16FNO2S. The third kappa shape index (κ3) is 2.41. The first-order valence-electron chi connectivity index (χ1n) is 5.75. The lowest BCUT2D eigenvalue weighted by Gasteiger charge is -2.09. The molecule has 0 radical (unpaired) electrons. The van der Waals surface area contributed by atoms with Crippen LogP contribution in [0.3, 0.4) is 0 Å². The van der Waals surface area contributed by atoms with E-state index in [0.29, 0.717) is 16.5 Å². The van der Waals surface area contributed by atoms with E-state index in [0.717, 1.165) is 0 Å².